The standard InChI is InChI=1S/C17H13F2N5O/c18-12-5-3-6-13(19)16(12)24-15-8-14(22-10-23-15)17(25)21-9-11-4-1-2-7-20-11/h1-8,10H,9H2,(H,21,25)(H,22,23,24). The monoisotopic (exact) mass is 341 g/mol. The Kier molecular flexibility index (Phi) is 4.89. The van der Waals surface area contributed by atoms with Crippen molar-refractivity contribution in [3.8, 4) is 0 Å². The number of nitrogens with zero attached hydrogens (tertiary/aromatic N) is 3. The molecule has 0 unspecified atom stereocenters. The van der Waals surface area contributed by atoms with Gasteiger partial charge in [-0.15, -0.1) is 0 Å². The molecule has 0 bridgehead atoms. The zero-order chi connectivity index (χ0) is 17.6. The highest BCUT2D eigenvalue weighted by Gasteiger charge is 2.12. The summed E-state index contributed by atoms with van der Waals surface area (Å²) in [5.41, 5.74) is 0.405. The first-order valence-electron chi connectivity index (χ1n) is 7.34. The molecular formula is C17H13F2N5O. The Balaban J connectivity index is 1.72. The zero-order valence-corrected chi connectivity index (χ0v) is 12.9. The summed E-state index contributed by atoms with van der Waals surface area (Å²) in [6.45, 7) is 0.231. The van der Waals surface area contributed by atoms with Gasteiger partial charge in [0.2, 0.25) is 0 Å². The smallest absolute Gasteiger partial charge is 0.270 e. The minimum absolute atomic E-state index is 0.0604. The summed E-state index contributed by atoms with van der Waals surface area (Å²) in [6.07, 6.45) is 2.76. The molecule has 0 aliphatic carbocycles. The summed E-state index contributed by atoms with van der Waals surface area (Å²) in [5, 5.41) is 5.18. The van der Waals surface area contributed by atoms with Crippen molar-refractivity contribution in [1.29, 1.82) is 0 Å². The molecule has 6 nitrogen and oxygen atoms in total. The largest absolute Gasteiger partial charge is 0.345 e. The molecule has 2 aromatic heterocycles. The lowest BCUT2D eigenvalue weighted by Crippen LogP contribution is -2.24. The fraction of sp³-hybridized carbons (Fsp3) is 0.0588. The predicted octanol–water partition coefficient (Wildman–Crippen LogP) is 2.82. The number of hydrogen-bond acceptors (Lipinski definition) is 5. The Morgan fingerprint density at radius 3 is 2.52 bits per heavy atom. The van der Waals surface area contributed by atoms with Gasteiger partial charge >= 0.3 is 0 Å². The van der Waals surface area contributed by atoms with Gasteiger partial charge in [-0.1, -0.05) is 12.1 Å². The number of halogens is 2. The second-order valence-corrected chi connectivity index (χ2v) is 5.01. The van der Waals surface area contributed by atoms with E-state index in [-0.39, 0.29) is 23.7 Å². The number of carbonyl (C=O) groups is 1. The number of pyridine rings is 1. The molecule has 0 atom stereocenters. The summed E-state index contributed by atoms with van der Waals surface area (Å²) in [4.78, 5) is 24.0. The highest BCUT2D eigenvalue weighted by atomic mass is 19.1. The van der Waals surface area contributed by atoms with Gasteiger partial charge in [-0.2, -0.15) is 0 Å². The molecule has 0 aliphatic rings. The second-order valence-electron chi connectivity index (χ2n) is 5.01. The third kappa shape index (κ3) is 4.11. The van der Waals surface area contributed by atoms with Crippen LogP contribution in [0.1, 0.15) is 16.2 Å². The van der Waals surface area contributed by atoms with E-state index in [4.69, 9.17) is 0 Å². The highest BCUT2D eigenvalue weighted by molar-refractivity contribution is 5.92. The molecule has 0 fully saturated rings. The van der Waals surface area contributed by atoms with E-state index in [0.717, 1.165) is 18.5 Å². The van der Waals surface area contributed by atoms with Gasteiger partial charge in [0.25, 0.3) is 5.91 Å². The molecule has 3 aromatic rings. The van der Waals surface area contributed by atoms with Gasteiger partial charge in [0, 0.05) is 12.3 Å². The maximum absolute atomic E-state index is 13.7. The predicted molar refractivity (Wildman–Crippen MR) is 87.1 cm³/mol. The number of hydrogen-bond donors (Lipinski definition) is 2. The molecule has 0 spiro atoms. The van der Waals surface area contributed by atoms with Crippen LogP contribution in [0.15, 0.2) is 55.0 Å². The first-order chi connectivity index (χ1) is 12.1. The third-order valence-corrected chi connectivity index (χ3v) is 3.27. The topological polar surface area (TPSA) is 79.8 Å². The lowest BCUT2D eigenvalue weighted by atomic mass is 10.3. The summed E-state index contributed by atoms with van der Waals surface area (Å²) in [6, 6.07) is 10.2. The first-order valence-corrected chi connectivity index (χ1v) is 7.34. The van der Waals surface area contributed by atoms with E-state index in [2.05, 4.69) is 25.6 Å². The van der Waals surface area contributed by atoms with Crippen LogP contribution in [0.5, 0.6) is 0 Å². The Bertz CT molecular complexity index is 869. The Morgan fingerprint density at radius 2 is 1.80 bits per heavy atom. The number of aromatic nitrogens is 3. The van der Waals surface area contributed by atoms with Gasteiger partial charge in [0.1, 0.15) is 35.2 Å². The van der Waals surface area contributed by atoms with Crippen LogP contribution in [-0.2, 0) is 6.54 Å². The summed E-state index contributed by atoms with van der Waals surface area (Å²) >= 11 is 0. The molecule has 3 rings (SSSR count). The average molecular weight is 341 g/mol. The van der Waals surface area contributed by atoms with Crippen molar-refractivity contribution in [3.63, 3.8) is 0 Å². The fourth-order valence-electron chi connectivity index (χ4n) is 2.06. The Morgan fingerprint density at radius 1 is 1.00 bits per heavy atom. The lowest BCUT2D eigenvalue weighted by Gasteiger charge is -2.09. The molecule has 2 heterocycles. The van der Waals surface area contributed by atoms with Crippen molar-refractivity contribution in [2.75, 3.05) is 5.32 Å². The fourth-order valence-corrected chi connectivity index (χ4v) is 2.06. The minimum atomic E-state index is -0.764. The van der Waals surface area contributed by atoms with E-state index < -0.39 is 17.5 Å². The number of nitrogens with one attached hydrogen (secondary N) is 2. The number of amides is 1. The molecule has 1 aromatic carbocycles. The first kappa shape index (κ1) is 16.4. The molecular weight excluding hydrogens is 328 g/mol. The van der Waals surface area contributed by atoms with Crippen molar-refractivity contribution < 1.29 is 13.6 Å². The van der Waals surface area contributed by atoms with Crippen molar-refractivity contribution >= 4 is 17.4 Å². The van der Waals surface area contributed by atoms with E-state index in [1.54, 1.807) is 18.3 Å². The second kappa shape index (κ2) is 7.43. The van der Waals surface area contributed by atoms with Crippen LogP contribution in [-0.4, -0.2) is 20.9 Å². The van der Waals surface area contributed by atoms with Gasteiger partial charge in [-0.3, -0.25) is 9.78 Å². The minimum Gasteiger partial charge on any atom is -0.345 e. The number of para-hydroxylation sites is 1. The number of anilines is 2. The van der Waals surface area contributed by atoms with Crippen LogP contribution in [0, 0.1) is 11.6 Å². The van der Waals surface area contributed by atoms with Crippen molar-refractivity contribution in [2.45, 2.75) is 6.54 Å². The molecule has 8 heteroatoms. The van der Waals surface area contributed by atoms with Crippen molar-refractivity contribution in [1.82, 2.24) is 20.3 Å². The Labute approximate surface area is 142 Å². The molecule has 1 amide bonds. The average Bonchev–Trinajstić information content (AvgIpc) is 2.64. The molecule has 0 aliphatic heterocycles. The number of benzene rings is 1. The van der Waals surface area contributed by atoms with E-state index in [1.165, 1.54) is 12.1 Å². The highest BCUT2D eigenvalue weighted by Crippen LogP contribution is 2.21. The number of rotatable bonds is 5. The van der Waals surface area contributed by atoms with Gasteiger partial charge < -0.3 is 10.6 Å². The molecule has 126 valence electrons. The van der Waals surface area contributed by atoms with E-state index in [1.807, 2.05) is 6.07 Å². The van der Waals surface area contributed by atoms with Crippen LogP contribution in [0.4, 0.5) is 20.3 Å². The maximum Gasteiger partial charge on any atom is 0.270 e. The van der Waals surface area contributed by atoms with Crippen LogP contribution in [0.2, 0.25) is 0 Å². The maximum atomic E-state index is 13.7. The normalized spacial score (nSPS) is 10.3. The SMILES string of the molecule is O=C(NCc1ccccn1)c1cc(Nc2c(F)cccc2F)ncn1. The molecule has 0 saturated carbocycles. The molecule has 0 saturated heterocycles. The van der Waals surface area contributed by atoms with Crippen LogP contribution in [0.3, 0.4) is 0 Å². The van der Waals surface area contributed by atoms with E-state index in [9.17, 15) is 13.6 Å². The number of carbonyl (C=O) groups excluding carboxylic acids is 1. The van der Waals surface area contributed by atoms with Crippen LogP contribution >= 0.6 is 0 Å². The van der Waals surface area contributed by atoms with Gasteiger partial charge in [-0.05, 0) is 24.3 Å². The molecule has 2 N–H and O–H groups in total. The van der Waals surface area contributed by atoms with E-state index in [0.29, 0.717) is 5.69 Å². The van der Waals surface area contributed by atoms with Crippen molar-refractivity contribution in [2.24, 2.45) is 0 Å². The summed E-state index contributed by atoms with van der Waals surface area (Å²) < 4.78 is 27.3. The zero-order valence-electron chi connectivity index (χ0n) is 12.9. The van der Waals surface area contributed by atoms with Crippen molar-refractivity contribution in [3.05, 3.63) is 78.0 Å². The Hall–Kier alpha value is -3.42. The molecule has 25 heavy (non-hydrogen) atoms. The quantitative estimate of drug-likeness (QED) is 0.746. The van der Waals surface area contributed by atoms with Gasteiger partial charge in [0.05, 0.1) is 12.2 Å². The molecule has 0 radical (unpaired) electrons. The van der Waals surface area contributed by atoms with Crippen LogP contribution in [0.25, 0.3) is 0 Å². The van der Waals surface area contributed by atoms with Gasteiger partial charge in [0.15, 0.2) is 0 Å². The van der Waals surface area contributed by atoms with Gasteiger partial charge in [-0.25, -0.2) is 18.7 Å². The van der Waals surface area contributed by atoms with Crippen LogP contribution < -0.4 is 10.6 Å². The summed E-state index contributed by atoms with van der Waals surface area (Å²) in [7, 11) is 0. The summed E-state index contributed by atoms with van der Waals surface area (Å²) in [5.74, 6) is -1.88. The lowest BCUT2D eigenvalue weighted by molar-refractivity contribution is 0.0945. The van der Waals surface area contributed by atoms with E-state index >= 15 is 0 Å². The third-order valence-electron chi connectivity index (χ3n) is 3.27.